The standard InChI is InChI=1S/C14H32N6O/c1-10(2)20-8-5-11(6-9-20)19-13(21)12(15)4-3-7-18-14(16)17/h10-13,19,21H,3-9,15H2,1-2H3,(H4,16,17,18)/t12-,13?/m0/s1. The molecule has 0 aromatic carbocycles. The second-order valence-electron chi connectivity index (χ2n) is 6.13. The van der Waals surface area contributed by atoms with Crippen molar-refractivity contribution in [3.8, 4) is 0 Å². The number of rotatable bonds is 8. The zero-order chi connectivity index (χ0) is 15.8. The molecular weight excluding hydrogens is 268 g/mol. The van der Waals surface area contributed by atoms with Crippen LogP contribution in [0.3, 0.4) is 0 Å². The highest BCUT2D eigenvalue weighted by Gasteiger charge is 2.24. The summed E-state index contributed by atoms with van der Waals surface area (Å²) in [5, 5.41) is 13.4. The molecule has 1 aliphatic heterocycles. The topological polar surface area (TPSA) is 126 Å². The van der Waals surface area contributed by atoms with Gasteiger partial charge in [-0.1, -0.05) is 0 Å². The summed E-state index contributed by atoms with van der Waals surface area (Å²) in [6.45, 7) is 7.13. The Morgan fingerprint density at radius 3 is 2.48 bits per heavy atom. The van der Waals surface area contributed by atoms with Crippen LogP contribution in [0.1, 0.15) is 39.5 Å². The van der Waals surface area contributed by atoms with Gasteiger partial charge in [-0.25, -0.2) is 0 Å². The van der Waals surface area contributed by atoms with Gasteiger partial charge in [-0.2, -0.15) is 0 Å². The number of aliphatic hydroxyl groups is 1. The number of guanidine groups is 1. The van der Waals surface area contributed by atoms with Gasteiger partial charge in [0.2, 0.25) is 0 Å². The predicted molar refractivity (Wildman–Crippen MR) is 86.8 cm³/mol. The minimum absolute atomic E-state index is 0.0964. The van der Waals surface area contributed by atoms with Crippen molar-refractivity contribution in [1.82, 2.24) is 10.2 Å². The van der Waals surface area contributed by atoms with Crippen LogP contribution in [0, 0.1) is 0 Å². The first kappa shape index (κ1) is 18.2. The Kier molecular flexibility index (Phi) is 7.95. The summed E-state index contributed by atoms with van der Waals surface area (Å²) in [6.07, 6.45) is 2.89. The molecule has 1 fully saturated rings. The van der Waals surface area contributed by atoms with E-state index in [4.69, 9.17) is 17.2 Å². The number of aliphatic hydroxyl groups excluding tert-OH is 1. The molecule has 2 atom stereocenters. The lowest BCUT2D eigenvalue weighted by Crippen LogP contribution is -2.53. The van der Waals surface area contributed by atoms with E-state index >= 15 is 0 Å². The summed E-state index contributed by atoms with van der Waals surface area (Å²) in [5.74, 6) is 0.0964. The number of nitrogens with zero attached hydrogens (tertiary/aromatic N) is 2. The molecule has 0 spiro atoms. The van der Waals surface area contributed by atoms with E-state index in [0.717, 1.165) is 32.4 Å². The van der Waals surface area contributed by atoms with Gasteiger partial charge in [0.05, 0.1) is 0 Å². The third-order valence-electron chi connectivity index (χ3n) is 4.06. The molecule has 1 saturated heterocycles. The molecule has 124 valence electrons. The van der Waals surface area contributed by atoms with E-state index in [0.29, 0.717) is 25.0 Å². The van der Waals surface area contributed by atoms with Crippen LogP contribution in [-0.2, 0) is 0 Å². The number of likely N-dealkylation sites (tertiary alicyclic amines) is 1. The van der Waals surface area contributed by atoms with Crippen LogP contribution >= 0.6 is 0 Å². The number of hydrogen-bond acceptors (Lipinski definition) is 5. The fourth-order valence-corrected chi connectivity index (χ4v) is 2.64. The van der Waals surface area contributed by atoms with E-state index < -0.39 is 6.23 Å². The van der Waals surface area contributed by atoms with E-state index in [-0.39, 0.29) is 12.0 Å². The second kappa shape index (κ2) is 9.19. The second-order valence-corrected chi connectivity index (χ2v) is 6.13. The average Bonchev–Trinajstić information content (AvgIpc) is 2.43. The monoisotopic (exact) mass is 300 g/mol. The molecule has 0 aliphatic carbocycles. The molecule has 21 heavy (non-hydrogen) atoms. The Labute approximate surface area is 127 Å². The molecule has 0 amide bonds. The van der Waals surface area contributed by atoms with Gasteiger partial charge in [0, 0.05) is 24.7 Å². The van der Waals surface area contributed by atoms with Gasteiger partial charge in [-0.3, -0.25) is 10.3 Å². The number of hydrogen-bond donors (Lipinski definition) is 5. The molecule has 0 bridgehead atoms. The van der Waals surface area contributed by atoms with Gasteiger partial charge >= 0.3 is 0 Å². The van der Waals surface area contributed by atoms with E-state index in [2.05, 4.69) is 29.1 Å². The molecule has 0 radical (unpaired) electrons. The van der Waals surface area contributed by atoms with Crippen molar-refractivity contribution < 1.29 is 5.11 Å². The zero-order valence-corrected chi connectivity index (χ0v) is 13.3. The van der Waals surface area contributed by atoms with Crippen LogP contribution < -0.4 is 22.5 Å². The predicted octanol–water partition coefficient (Wildman–Crippen LogP) is -0.852. The van der Waals surface area contributed by atoms with Gasteiger partial charge < -0.3 is 27.2 Å². The van der Waals surface area contributed by atoms with Crippen LogP contribution in [0.25, 0.3) is 0 Å². The van der Waals surface area contributed by atoms with Crippen molar-refractivity contribution in [2.75, 3.05) is 19.6 Å². The molecule has 1 heterocycles. The third-order valence-corrected chi connectivity index (χ3v) is 4.06. The highest BCUT2D eigenvalue weighted by molar-refractivity contribution is 5.75. The van der Waals surface area contributed by atoms with Crippen molar-refractivity contribution in [2.45, 2.75) is 63.9 Å². The lowest BCUT2D eigenvalue weighted by molar-refractivity contribution is 0.0702. The van der Waals surface area contributed by atoms with Gasteiger partial charge in [0.15, 0.2) is 5.96 Å². The van der Waals surface area contributed by atoms with E-state index in [1.54, 1.807) is 0 Å². The van der Waals surface area contributed by atoms with Crippen molar-refractivity contribution in [1.29, 1.82) is 0 Å². The van der Waals surface area contributed by atoms with Crippen LogP contribution in [-0.4, -0.2) is 60.0 Å². The summed E-state index contributed by atoms with van der Waals surface area (Å²) in [4.78, 5) is 6.36. The smallest absolute Gasteiger partial charge is 0.185 e. The lowest BCUT2D eigenvalue weighted by Gasteiger charge is -2.36. The summed E-state index contributed by atoms with van der Waals surface area (Å²) < 4.78 is 0. The Morgan fingerprint density at radius 1 is 1.33 bits per heavy atom. The molecule has 1 aliphatic rings. The number of nitrogens with one attached hydrogen (secondary N) is 1. The van der Waals surface area contributed by atoms with Crippen molar-refractivity contribution in [2.24, 2.45) is 22.2 Å². The summed E-state index contributed by atoms with van der Waals surface area (Å²) in [7, 11) is 0. The highest BCUT2D eigenvalue weighted by Crippen LogP contribution is 2.14. The highest BCUT2D eigenvalue weighted by atomic mass is 16.3. The molecular formula is C14H32N6O. The maximum absolute atomic E-state index is 10.1. The minimum Gasteiger partial charge on any atom is -0.377 e. The SMILES string of the molecule is CC(C)N1CCC(NC(O)[C@@H](N)CCCN=C(N)N)CC1. The first-order valence-corrected chi connectivity index (χ1v) is 7.89. The zero-order valence-electron chi connectivity index (χ0n) is 13.3. The van der Waals surface area contributed by atoms with Gasteiger partial charge in [-0.05, 0) is 52.6 Å². The van der Waals surface area contributed by atoms with Crippen LogP contribution in [0.4, 0.5) is 0 Å². The van der Waals surface area contributed by atoms with Crippen molar-refractivity contribution in [3.63, 3.8) is 0 Å². The Bertz CT molecular complexity index is 311. The largest absolute Gasteiger partial charge is 0.377 e. The van der Waals surface area contributed by atoms with Crippen molar-refractivity contribution >= 4 is 5.96 Å². The molecule has 1 unspecified atom stereocenters. The average molecular weight is 300 g/mol. The van der Waals surface area contributed by atoms with Gasteiger partial charge in [0.25, 0.3) is 0 Å². The van der Waals surface area contributed by atoms with Gasteiger partial charge in [-0.15, -0.1) is 0 Å². The fourth-order valence-electron chi connectivity index (χ4n) is 2.64. The number of aliphatic imine (C=N–C) groups is 1. The summed E-state index contributed by atoms with van der Waals surface area (Å²) in [6, 6.07) is 0.648. The first-order chi connectivity index (χ1) is 9.90. The van der Waals surface area contributed by atoms with E-state index in [9.17, 15) is 5.11 Å². The molecule has 0 aromatic heterocycles. The number of nitrogens with two attached hydrogens (primary N) is 3. The minimum atomic E-state index is -0.667. The summed E-state index contributed by atoms with van der Waals surface area (Å²) in [5.41, 5.74) is 16.5. The fraction of sp³-hybridized carbons (Fsp3) is 0.929. The normalized spacial score (nSPS) is 20.4. The molecule has 1 rings (SSSR count). The maximum Gasteiger partial charge on any atom is 0.185 e. The van der Waals surface area contributed by atoms with Gasteiger partial charge in [0.1, 0.15) is 6.23 Å². The van der Waals surface area contributed by atoms with Crippen LogP contribution in [0.15, 0.2) is 4.99 Å². The first-order valence-electron chi connectivity index (χ1n) is 7.89. The third kappa shape index (κ3) is 7.08. The lowest BCUT2D eigenvalue weighted by atomic mass is 10.0. The molecule has 0 saturated carbocycles. The maximum atomic E-state index is 10.1. The van der Waals surface area contributed by atoms with Crippen molar-refractivity contribution in [3.05, 3.63) is 0 Å². The quantitative estimate of drug-likeness (QED) is 0.172. The Hall–Kier alpha value is -0.890. The van der Waals surface area contributed by atoms with E-state index in [1.807, 2.05) is 0 Å². The van der Waals surface area contributed by atoms with E-state index in [1.165, 1.54) is 0 Å². The number of piperidine rings is 1. The molecule has 8 N–H and O–H groups in total. The Morgan fingerprint density at radius 2 is 1.95 bits per heavy atom. The molecule has 7 heteroatoms. The molecule has 0 aromatic rings. The molecule has 7 nitrogen and oxygen atoms in total. The summed E-state index contributed by atoms with van der Waals surface area (Å²) >= 11 is 0. The van der Waals surface area contributed by atoms with Crippen LogP contribution in [0.2, 0.25) is 0 Å². The Balaban J connectivity index is 2.20. The van der Waals surface area contributed by atoms with Crippen LogP contribution in [0.5, 0.6) is 0 Å².